The van der Waals surface area contributed by atoms with Crippen LogP contribution in [0, 0.1) is 12.7 Å². The fourth-order valence-electron chi connectivity index (χ4n) is 1.82. The molecule has 0 unspecified atom stereocenters. The summed E-state index contributed by atoms with van der Waals surface area (Å²) in [4.78, 5) is 0. The van der Waals surface area contributed by atoms with Crippen LogP contribution >= 0.6 is 12.2 Å². The topological polar surface area (TPSA) is 45.6 Å². The SMILES string of the molecule is COc1ccccc1C=NNC(=S)Nc1ccc(F)c(C)c1. The van der Waals surface area contributed by atoms with Crippen LogP contribution in [0.15, 0.2) is 47.6 Å². The highest BCUT2D eigenvalue weighted by Crippen LogP contribution is 2.15. The third kappa shape index (κ3) is 4.26. The highest BCUT2D eigenvalue weighted by atomic mass is 32.1. The van der Waals surface area contributed by atoms with Crippen LogP contribution in [-0.2, 0) is 0 Å². The average molecular weight is 317 g/mol. The van der Waals surface area contributed by atoms with Crippen molar-refractivity contribution in [3.8, 4) is 5.75 Å². The Balaban J connectivity index is 1.95. The second-order valence-electron chi connectivity index (χ2n) is 4.53. The second-order valence-corrected chi connectivity index (χ2v) is 4.94. The van der Waals surface area contributed by atoms with E-state index in [1.165, 1.54) is 6.07 Å². The number of aryl methyl sites for hydroxylation is 1. The van der Waals surface area contributed by atoms with Crippen LogP contribution in [0.3, 0.4) is 0 Å². The molecular formula is C16H16FN3OS. The number of para-hydroxylation sites is 1. The van der Waals surface area contributed by atoms with Gasteiger partial charge in [-0.15, -0.1) is 0 Å². The predicted octanol–water partition coefficient (Wildman–Crippen LogP) is 3.46. The van der Waals surface area contributed by atoms with Gasteiger partial charge in [-0.3, -0.25) is 5.43 Å². The quantitative estimate of drug-likeness (QED) is 0.515. The van der Waals surface area contributed by atoms with Gasteiger partial charge in [-0.2, -0.15) is 5.10 Å². The lowest BCUT2D eigenvalue weighted by Crippen LogP contribution is -2.23. The van der Waals surface area contributed by atoms with E-state index in [-0.39, 0.29) is 5.82 Å². The fourth-order valence-corrected chi connectivity index (χ4v) is 1.99. The van der Waals surface area contributed by atoms with E-state index in [0.29, 0.717) is 16.4 Å². The van der Waals surface area contributed by atoms with E-state index in [1.807, 2.05) is 24.3 Å². The van der Waals surface area contributed by atoms with Gasteiger partial charge >= 0.3 is 0 Å². The summed E-state index contributed by atoms with van der Waals surface area (Å²) in [5.41, 5.74) is 4.78. The first-order chi connectivity index (χ1) is 10.6. The van der Waals surface area contributed by atoms with E-state index >= 15 is 0 Å². The zero-order valence-electron chi connectivity index (χ0n) is 12.3. The van der Waals surface area contributed by atoms with Gasteiger partial charge in [-0.05, 0) is 55.0 Å². The maximum atomic E-state index is 13.2. The molecule has 114 valence electrons. The van der Waals surface area contributed by atoms with Gasteiger partial charge in [-0.25, -0.2) is 4.39 Å². The largest absolute Gasteiger partial charge is 0.496 e. The normalized spacial score (nSPS) is 10.5. The van der Waals surface area contributed by atoms with Crippen LogP contribution in [0.1, 0.15) is 11.1 Å². The zero-order valence-corrected chi connectivity index (χ0v) is 13.1. The third-order valence-corrected chi connectivity index (χ3v) is 3.12. The Morgan fingerprint density at radius 2 is 2.05 bits per heavy atom. The van der Waals surface area contributed by atoms with E-state index in [1.54, 1.807) is 32.4 Å². The van der Waals surface area contributed by atoms with Crippen molar-refractivity contribution in [3.63, 3.8) is 0 Å². The summed E-state index contributed by atoms with van der Waals surface area (Å²) >= 11 is 5.13. The molecule has 22 heavy (non-hydrogen) atoms. The molecule has 6 heteroatoms. The summed E-state index contributed by atoms with van der Waals surface area (Å²) in [7, 11) is 1.60. The van der Waals surface area contributed by atoms with Gasteiger partial charge in [0.1, 0.15) is 11.6 Å². The molecule has 0 aromatic heterocycles. The highest BCUT2D eigenvalue weighted by molar-refractivity contribution is 7.80. The number of halogens is 1. The molecule has 4 nitrogen and oxygen atoms in total. The van der Waals surface area contributed by atoms with Crippen LogP contribution in [0.4, 0.5) is 10.1 Å². The number of hydrogen-bond acceptors (Lipinski definition) is 3. The molecule has 0 aliphatic rings. The molecule has 2 N–H and O–H groups in total. The smallest absolute Gasteiger partial charge is 0.191 e. The molecule has 0 heterocycles. The minimum absolute atomic E-state index is 0.251. The molecule has 0 aliphatic heterocycles. The Labute approximate surface area is 134 Å². The number of hydrazone groups is 1. The zero-order chi connectivity index (χ0) is 15.9. The number of nitrogens with one attached hydrogen (secondary N) is 2. The van der Waals surface area contributed by atoms with Crippen molar-refractivity contribution in [2.45, 2.75) is 6.92 Å². The summed E-state index contributed by atoms with van der Waals surface area (Å²) in [5.74, 6) is 0.472. The first-order valence-corrected chi connectivity index (χ1v) is 7.00. The lowest BCUT2D eigenvalue weighted by Gasteiger charge is -2.08. The van der Waals surface area contributed by atoms with Crippen molar-refractivity contribution in [2.75, 3.05) is 12.4 Å². The molecule has 0 bridgehead atoms. The summed E-state index contributed by atoms with van der Waals surface area (Å²) < 4.78 is 18.4. The van der Waals surface area contributed by atoms with Gasteiger partial charge in [0.25, 0.3) is 0 Å². The van der Waals surface area contributed by atoms with Crippen LogP contribution < -0.4 is 15.5 Å². The van der Waals surface area contributed by atoms with E-state index < -0.39 is 0 Å². The maximum Gasteiger partial charge on any atom is 0.191 e. The maximum absolute atomic E-state index is 13.2. The van der Waals surface area contributed by atoms with E-state index in [2.05, 4.69) is 15.8 Å². The number of methoxy groups -OCH3 is 1. The fraction of sp³-hybridized carbons (Fsp3) is 0.125. The summed E-state index contributed by atoms with van der Waals surface area (Å²) in [6, 6.07) is 12.2. The van der Waals surface area contributed by atoms with Gasteiger partial charge in [0.2, 0.25) is 0 Å². The third-order valence-electron chi connectivity index (χ3n) is 2.92. The lowest BCUT2D eigenvalue weighted by molar-refractivity contribution is 0.414. The monoisotopic (exact) mass is 317 g/mol. The van der Waals surface area contributed by atoms with Crippen molar-refractivity contribution in [3.05, 3.63) is 59.4 Å². The molecule has 0 fully saturated rings. The standard InChI is InChI=1S/C16H16FN3OS/c1-11-9-13(7-8-14(11)17)19-16(22)20-18-10-12-5-3-4-6-15(12)21-2/h3-10H,1-2H3,(H2,19,20,22). The molecule has 2 aromatic carbocycles. The first-order valence-electron chi connectivity index (χ1n) is 6.59. The van der Waals surface area contributed by atoms with Gasteiger partial charge in [0, 0.05) is 11.3 Å². The van der Waals surface area contributed by atoms with Gasteiger partial charge in [0.15, 0.2) is 5.11 Å². The first kappa shape index (κ1) is 15.9. The summed E-state index contributed by atoms with van der Waals surface area (Å²) in [5, 5.41) is 7.30. The van der Waals surface area contributed by atoms with Crippen LogP contribution in [0.25, 0.3) is 0 Å². The minimum atomic E-state index is -0.251. The van der Waals surface area contributed by atoms with Crippen LogP contribution in [-0.4, -0.2) is 18.4 Å². The average Bonchev–Trinajstić information content (AvgIpc) is 2.51. The Hall–Kier alpha value is -2.47. The number of ether oxygens (including phenoxy) is 1. The molecule has 0 atom stereocenters. The number of hydrogen-bond donors (Lipinski definition) is 2. The molecule has 0 spiro atoms. The van der Waals surface area contributed by atoms with Crippen LogP contribution in [0.2, 0.25) is 0 Å². The second kappa shape index (κ2) is 7.51. The molecule has 0 saturated carbocycles. The van der Waals surface area contributed by atoms with Crippen molar-refractivity contribution >= 4 is 29.2 Å². The van der Waals surface area contributed by atoms with E-state index in [4.69, 9.17) is 17.0 Å². The van der Waals surface area contributed by atoms with Gasteiger partial charge in [0.05, 0.1) is 13.3 Å². The molecule has 0 radical (unpaired) electrons. The van der Waals surface area contributed by atoms with Crippen LogP contribution in [0.5, 0.6) is 5.75 Å². The molecule has 0 saturated heterocycles. The minimum Gasteiger partial charge on any atom is -0.496 e. The number of benzene rings is 2. The number of rotatable bonds is 4. The van der Waals surface area contributed by atoms with E-state index in [0.717, 1.165) is 11.3 Å². The van der Waals surface area contributed by atoms with Crippen molar-refractivity contribution < 1.29 is 9.13 Å². The van der Waals surface area contributed by atoms with Gasteiger partial charge < -0.3 is 10.1 Å². The molecule has 0 amide bonds. The Bertz CT molecular complexity index is 704. The number of anilines is 1. The Kier molecular flexibility index (Phi) is 5.43. The molecular weight excluding hydrogens is 301 g/mol. The van der Waals surface area contributed by atoms with Gasteiger partial charge in [-0.1, -0.05) is 12.1 Å². The molecule has 2 rings (SSSR count). The highest BCUT2D eigenvalue weighted by Gasteiger charge is 2.01. The molecule has 0 aliphatic carbocycles. The van der Waals surface area contributed by atoms with Crippen molar-refractivity contribution in [1.82, 2.24) is 5.43 Å². The number of thiocarbonyl (C=S) groups is 1. The predicted molar refractivity (Wildman–Crippen MR) is 91.1 cm³/mol. The molecule has 2 aromatic rings. The number of nitrogens with zero attached hydrogens (tertiary/aromatic N) is 1. The Morgan fingerprint density at radius 1 is 1.27 bits per heavy atom. The summed E-state index contributed by atoms with van der Waals surface area (Å²) in [6.07, 6.45) is 1.61. The van der Waals surface area contributed by atoms with Crippen molar-refractivity contribution in [2.24, 2.45) is 5.10 Å². The Morgan fingerprint density at radius 3 is 2.77 bits per heavy atom. The summed E-state index contributed by atoms with van der Waals surface area (Å²) in [6.45, 7) is 1.69. The van der Waals surface area contributed by atoms with E-state index in [9.17, 15) is 4.39 Å². The lowest BCUT2D eigenvalue weighted by atomic mass is 10.2. The van der Waals surface area contributed by atoms with Crippen molar-refractivity contribution in [1.29, 1.82) is 0 Å².